The van der Waals surface area contributed by atoms with Crippen LogP contribution >= 0.6 is 11.6 Å². The number of hydrogen-bond acceptors (Lipinski definition) is 3. The number of hydrogen-bond donors (Lipinski definition) is 1. The van der Waals surface area contributed by atoms with Crippen LogP contribution in [0, 0.1) is 16.0 Å². The van der Waals surface area contributed by atoms with Gasteiger partial charge in [-0.3, -0.25) is 14.9 Å². The first-order chi connectivity index (χ1) is 8.02. The zero-order chi connectivity index (χ0) is 12.6. The molecule has 1 amide bonds. The zero-order valence-corrected chi connectivity index (χ0v) is 9.85. The van der Waals surface area contributed by atoms with Gasteiger partial charge in [0.1, 0.15) is 12.0 Å². The van der Waals surface area contributed by atoms with E-state index in [2.05, 4.69) is 5.32 Å². The molecule has 1 fully saturated rings. The molecule has 1 heterocycles. The number of halogens is 1. The van der Waals surface area contributed by atoms with Crippen molar-refractivity contribution in [2.24, 2.45) is 5.92 Å². The van der Waals surface area contributed by atoms with Gasteiger partial charge in [-0.05, 0) is 18.6 Å². The van der Waals surface area contributed by atoms with Gasteiger partial charge in [0.2, 0.25) is 11.9 Å². The molecule has 6 heteroatoms. The SMILES string of the molecule is CC1C(=O)N[C@H](c2ccccc2Cl)[C@H]1[N+](=O)[O-]. The van der Waals surface area contributed by atoms with Crippen LogP contribution in [0.4, 0.5) is 0 Å². The minimum atomic E-state index is -0.970. The summed E-state index contributed by atoms with van der Waals surface area (Å²) < 4.78 is 0. The number of rotatable bonds is 2. The molecule has 3 atom stereocenters. The predicted molar refractivity (Wildman–Crippen MR) is 62.3 cm³/mol. The smallest absolute Gasteiger partial charge is 0.248 e. The normalized spacial score (nSPS) is 27.9. The lowest BCUT2D eigenvalue weighted by Gasteiger charge is -2.15. The number of carbonyl (C=O) groups is 1. The highest BCUT2D eigenvalue weighted by atomic mass is 35.5. The lowest BCUT2D eigenvalue weighted by atomic mass is 9.95. The molecular formula is C11H11ClN2O3. The molecule has 2 rings (SSSR count). The van der Waals surface area contributed by atoms with E-state index in [1.807, 2.05) is 0 Å². The first-order valence-electron chi connectivity index (χ1n) is 5.20. The molecule has 1 aliphatic heterocycles. The van der Waals surface area contributed by atoms with E-state index >= 15 is 0 Å². The van der Waals surface area contributed by atoms with Crippen molar-refractivity contribution in [2.75, 3.05) is 0 Å². The van der Waals surface area contributed by atoms with Crippen LogP contribution in [0.15, 0.2) is 24.3 Å². The third-order valence-electron chi connectivity index (χ3n) is 3.05. The second-order valence-electron chi connectivity index (χ2n) is 4.07. The summed E-state index contributed by atoms with van der Waals surface area (Å²) in [6, 6.07) is 5.22. The number of benzene rings is 1. The fraction of sp³-hybridized carbons (Fsp3) is 0.364. The fourth-order valence-electron chi connectivity index (χ4n) is 2.11. The molecule has 1 aromatic carbocycles. The van der Waals surface area contributed by atoms with E-state index in [0.717, 1.165) is 0 Å². The van der Waals surface area contributed by atoms with Crippen LogP contribution in [0.1, 0.15) is 18.5 Å². The predicted octanol–water partition coefficient (Wildman–Crippen LogP) is 1.79. The van der Waals surface area contributed by atoms with E-state index in [1.165, 1.54) is 0 Å². The quantitative estimate of drug-likeness (QED) is 0.646. The topological polar surface area (TPSA) is 72.2 Å². The highest BCUT2D eigenvalue weighted by Crippen LogP contribution is 2.33. The number of nitro groups is 1. The minimum Gasteiger partial charge on any atom is -0.342 e. The highest BCUT2D eigenvalue weighted by molar-refractivity contribution is 6.31. The molecule has 0 aliphatic carbocycles. The van der Waals surface area contributed by atoms with Crippen LogP contribution in [-0.4, -0.2) is 16.9 Å². The molecule has 1 aromatic rings. The molecule has 0 spiro atoms. The van der Waals surface area contributed by atoms with Crippen LogP contribution in [0.25, 0.3) is 0 Å². The number of nitrogens with one attached hydrogen (secondary N) is 1. The molecule has 0 radical (unpaired) electrons. The number of amides is 1. The molecule has 0 saturated carbocycles. The zero-order valence-electron chi connectivity index (χ0n) is 9.09. The molecule has 0 bridgehead atoms. The van der Waals surface area contributed by atoms with E-state index in [4.69, 9.17) is 11.6 Å². The fourth-order valence-corrected chi connectivity index (χ4v) is 2.36. The van der Waals surface area contributed by atoms with Crippen molar-refractivity contribution >= 4 is 17.5 Å². The van der Waals surface area contributed by atoms with Gasteiger partial charge in [-0.25, -0.2) is 0 Å². The van der Waals surface area contributed by atoms with Crippen LogP contribution in [0.5, 0.6) is 0 Å². The summed E-state index contributed by atoms with van der Waals surface area (Å²) in [6.45, 7) is 1.56. The van der Waals surface area contributed by atoms with Crippen molar-refractivity contribution in [3.8, 4) is 0 Å². The summed E-state index contributed by atoms with van der Waals surface area (Å²) in [5.74, 6) is -0.956. The van der Waals surface area contributed by atoms with Crippen LogP contribution in [-0.2, 0) is 4.79 Å². The minimum absolute atomic E-state index is 0.309. The lowest BCUT2D eigenvalue weighted by Crippen LogP contribution is -2.30. The molecule has 1 N–H and O–H groups in total. The molecular weight excluding hydrogens is 244 g/mol. The Balaban J connectivity index is 2.42. The summed E-state index contributed by atoms with van der Waals surface area (Å²) in [5, 5.41) is 14.1. The molecule has 5 nitrogen and oxygen atoms in total. The van der Waals surface area contributed by atoms with Crippen molar-refractivity contribution in [1.29, 1.82) is 0 Å². The van der Waals surface area contributed by atoms with E-state index in [1.54, 1.807) is 31.2 Å². The maximum atomic E-state index is 11.5. The number of carbonyl (C=O) groups excluding carboxylic acids is 1. The first-order valence-corrected chi connectivity index (χ1v) is 5.58. The monoisotopic (exact) mass is 254 g/mol. The average Bonchev–Trinajstić information content (AvgIpc) is 2.56. The van der Waals surface area contributed by atoms with Gasteiger partial charge in [0.15, 0.2) is 0 Å². The Morgan fingerprint density at radius 2 is 2.06 bits per heavy atom. The Hall–Kier alpha value is -1.62. The van der Waals surface area contributed by atoms with Crippen molar-refractivity contribution in [2.45, 2.75) is 19.0 Å². The largest absolute Gasteiger partial charge is 0.342 e. The van der Waals surface area contributed by atoms with Crippen molar-refractivity contribution in [1.82, 2.24) is 5.32 Å². The third-order valence-corrected chi connectivity index (χ3v) is 3.39. The van der Waals surface area contributed by atoms with Crippen LogP contribution < -0.4 is 5.32 Å². The summed E-state index contributed by atoms with van der Waals surface area (Å²) in [7, 11) is 0. The molecule has 1 saturated heterocycles. The van der Waals surface area contributed by atoms with Gasteiger partial charge in [0, 0.05) is 9.95 Å². The highest BCUT2D eigenvalue weighted by Gasteiger charge is 2.49. The van der Waals surface area contributed by atoms with Gasteiger partial charge in [-0.15, -0.1) is 0 Å². The van der Waals surface area contributed by atoms with Crippen LogP contribution in [0.3, 0.4) is 0 Å². The molecule has 90 valence electrons. The molecule has 0 aromatic heterocycles. The van der Waals surface area contributed by atoms with Gasteiger partial charge in [0.25, 0.3) is 0 Å². The molecule has 17 heavy (non-hydrogen) atoms. The number of nitrogens with zero attached hydrogens (tertiary/aromatic N) is 1. The Morgan fingerprint density at radius 3 is 2.65 bits per heavy atom. The van der Waals surface area contributed by atoms with Gasteiger partial charge in [-0.2, -0.15) is 0 Å². The second-order valence-corrected chi connectivity index (χ2v) is 4.48. The Labute approximate surface area is 103 Å². The second kappa shape index (κ2) is 4.33. The first kappa shape index (κ1) is 11.9. The van der Waals surface area contributed by atoms with Gasteiger partial charge in [-0.1, -0.05) is 29.8 Å². The summed E-state index contributed by atoms with van der Waals surface area (Å²) in [6.07, 6.45) is 0. The maximum Gasteiger partial charge on any atom is 0.248 e. The summed E-state index contributed by atoms with van der Waals surface area (Å²) >= 11 is 6.00. The van der Waals surface area contributed by atoms with Crippen molar-refractivity contribution < 1.29 is 9.72 Å². The van der Waals surface area contributed by atoms with Gasteiger partial charge < -0.3 is 5.32 Å². The standard InChI is InChI=1S/C11H11ClN2O3/c1-6-10(14(16)17)9(13-11(6)15)7-4-2-3-5-8(7)12/h2-6,9-10H,1H3,(H,13,15)/t6?,9-,10+/m1/s1. The van der Waals surface area contributed by atoms with E-state index < -0.39 is 22.9 Å². The Kier molecular flexibility index (Phi) is 3.02. The van der Waals surface area contributed by atoms with Gasteiger partial charge in [0.05, 0.1) is 0 Å². The van der Waals surface area contributed by atoms with E-state index in [-0.39, 0.29) is 5.91 Å². The summed E-state index contributed by atoms with van der Waals surface area (Å²) in [4.78, 5) is 22.1. The lowest BCUT2D eigenvalue weighted by molar-refractivity contribution is -0.530. The Bertz CT molecular complexity index is 478. The molecule has 1 aliphatic rings. The van der Waals surface area contributed by atoms with Crippen LogP contribution in [0.2, 0.25) is 5.02 Å². The Morgan fingerprint density at radius 1 is 1.41 bits per heavy atom. The maximum absolute atomic E-state index is 11.5. The van der Waals surface area contributed by atoms with E-state index in [0.29, 0.717) is 10.6 Å². The average molecular weight is 255 g/mol. The van der Waals surface area contributed by atoms with Crippen molar-refractivity contribution in [3.63, 3.8) is 0 Å². The van der Waals surface area contributed by atoms with Crippen molar-refractivity contribution in [3.05, 3.63) is 45.0 Å². The molecule has 1 unspecified atom stereocenters. The van der Waals surface area contributed by atoms with Gasteiger partial charge >= 0.3 is 0 Å². The summed E-state index contributed by atoms with van der Waals surface area (Å²) in [5.41, 5.74) is 0.591. The van der Waals surface area contributed by atoms with E-state index in [9.17, 15) is 14.9 Å². The third kappa shape index (κ3) is 1.98.